The van der Waals surface area contributed by atoms with Crippen molar-refractivity contribution < 1.29 is 14.6 Å². The molecule has 2 aromatic heterocycles. The van der Waals surface area contributed by atoms with Crippen LogP contribution in [-0.4, -0.2) is 21.0 Å². The van der Waals surface area contributed by atoms with Crippen molar-refractivity contribution >= 4 is 11.7 Å². The lowest BCUT2D eigenvalue weighted by atomic mass is 10.2. The minimum atomic E-state index is -1.09. The van der Waals surface area contributed by atoms with Gasteiger partial charge in [0.15, 0.2) is 0 Å². The SMILES string of the molecule is Cc1ccc(Oc2ncc(C(=O)O)cc2N)cn1. The number of pyridine rings is 2. The number of carbonyl (C=O) groups is 1. The largest absolute Gasteiger partial charge is 0.478 e. The molecule has 0 radical (unpaired) electrons. The fourth-order valence-corrected chi connectivity index (χ4v) is 1.30. The van der Waals surface area contributed by atoms with E-state index in [1.165, 1.54) is 12.3 Å². The number of carboxylic acid groups (broad SMARTS) is 1. The zero-order valence-corrected chi connectivity index (χ0v) is 9.62. The van der Waals surface area contributed by atoms with Crippen LogP contribution in [0.2, 0.25) is 0 Å². The molecular formula is C12H11N3O3. The lowest BCUT2D eigenvalue weighted by Crippen LogP contribution is -2.01. The summed E-state index contributed by atoms with van der Waals surface area (Å²) in [5.74, 6) is -0.439. The molecule has 2 heterocycles. The predicted molar refractivity (Wildman–Crippen MR) is 64.7 cm³/mol. The first-order valence-electron chi connectivity index (χ1n) is 5.15. The molecule has 0 spiro atoms. The molecule has 0 aliphatic carbocycles. The summed E-state index contributed by atoms with van der Waals surface area (Å²) in [6, 6.07) is 4.82. The summed E-state index contributed by atoms with van der Waals surface area (Å²) in [5, 5.41) is 8.77. The molecule has 6 nitrogen and oxygen atoms in total. The molecule has 0 bridgehead atoms. The van der Waals surface area contributed by atoms with Crippen molar-refractivity contribution in [1.82, 2.24) is 9.97 Å². The van der Waals surface area contributed by atoms with Crippen molar-refractivity contribution in [2.75, 3.05) is 5.73 Å². The van der Waals surface area contributed by atoms with Gasteiger partial charge in [-0.15, -0.1) is 0 Å². The molecule has 3 N–H and O–H groups in total. The Balaban J connectivity index is 2.24. The van der Waals surface area contributed by atoms with Gasteiger partial charge in [-0.05, 0) is 25.1 Å². The van der Waals surface area contributed by atoms with Crippen LogP contribution in [0.3, 0.4) is 0 Å². The molecule has 0 unspecified atom stereocenters. The molecule has 2 rings (SSSR count). The quantitative estimate of drug-likeness (QED) is 0.856. The lowest BCUT2D eigenvalue weighted by Gasteiger charge is -2.07. The van der Waals surface area contributed by atoms with Crippen LogP contribution in [-0.2, 0) is 0 Å². The molecular weight excluding hydrogens is 234 g/mol. The number of rotatable bonds is 3. The molecule has 18 heavy (non-hydrogen) atoms. The monoisotopic (exact) mass is 245 g/mol. The van der Waals surface area contributed by atoms with E-state index in [1.54, 1.807) is 18.3 Å². The van der Waals surface area contributed by atoms with Gasteiger partial charge in [-0.2, -0.15) is 0 Å². The highest BCUT2D eigenvalue weighted by molar-refractivity contribution is 5.88. The van der Waals surface area contributed by atoms with Gasteiger partial charge < -0.3 is 15.6 Å². The van der Waals surface area contributed by atoms with Crippen LogP contribution in [0.25, 0.3) is 0 Å². The van der Waals surface area contributed by atoms with Crippen LogP contribution in [0.4, 0.5) is 5.69 Å². The highest BCUT2D eigenvalue weighted by Crippen LogP contribution is 2.25. The van der Waals surface area contributed by atoms with Crippen molar-refractivity contribution in [2.45, 2.75) is 6.92 Å². The maximum Gasteiger partial charge on any atom is 0.337 e. The van der Waals surface area contributed by atoms with Crippen molar-refractivity contribution in [2.24, 2.45) is 0 Å². The van der Waals surface area contributed by atoms with Gasteiger partial charge in [0.1, 0.15) is 5.75 Å². The molecule has 6 heteroatoms. The van der Waals surface area contributed by atoms with Gasteiger partial charge in [0.25, 0.3) is 0 Å². The van der Waals surface area contributed by atoms with Gasteiger partial charge in [0, 0.05) is 11.9 Å². The Hall–Kier alpha value is -2.63. The first kappa shape index (κ1) is 11.8. The number of ether oxygens (including phenoxy) is 1. The summed E-state index contributed by atoms with van der Waals surface area (Å²) in [4.78, 5) is 18.6. The van der Waals surface area contributed by atoms with E-state index in [9.17, 15) is 4.79 Å². The first-order chi connectivity index (χ1) is 8.56. The number of aryl methyl sites for hydroxylation is 1. The molecule has 92 valence electrons. The van der Waals surface area contributed by atoms with Crippen molar-refractivity contribution in [3.8, 4) is 11.6 Å². The molecule has 0 aromatic carbocycles. The number of carboxylic acids is 1. The third-order valence-electron chi connectivity index (χ3n) is 2.22. The lowest BCUT2D eigenvalue weighted by molar-refractivity contribution is 0.0696. The molecule has 0 atom stereocenters. The van der Waals surface area contributed by atoms with E-state index in [0.29, 0.717) is 5.75 Å². The van der Waals surface area contributed by atoms with Gasteiger partial charge in [0.2, 0.25) is 5.88 Å². The van der Waals surface area contributed by atoms with Gasteiger partial charge in [0.05, 0.1) is 17.4 Å². The number of hydrogen-bond donors (Lipinski definition) is 2. The predicted octanol–water partition coefficient (Wildman–Crippen LogP) is 1.86. The molecule has 0 aliphatic heterocycles. The number of aromatic nitrogens is 2. The number of nitrogens with zero attached hydrogens (tertiary/aromatic N) is 2. The van der Waals surface area contributed by atoms with E-state index in [4.69, 9.17) is 15.6 Å². The fourth-order valence-electron chi connectivity index (χ4n) is 1.30. The normalized spacial score (nSPS) is 10.1. The smallest absolute Gasteiger partial charge is 0.337 e. The highest BCUT2D eigenvalue weighted by atomic mass is 16.5. The average molecular weight is 245 g/mol. The Labute approximate surface area is 103 Å². The number of anilines is 1. The minimum absolute atomic E-state index is 0.0156. The van der Waals surface area contributed by atoms with Crippen LogP contribution in [0.15, 0.2) is 30.6 Å². The Bertz CT molecular complexity index is 582. The molecule has 0 saturated heterocycles. The van der Waals surface area contributed by atoms with Gasteiger partial charge >= 0.3 is 5.97 Å². The zero-order chi connectivity index (χ0) is 13.1. The van der Waals surface area contributed by atoms with Crippen LogP contribution >= 0.6 is 0 Å². The standard InChI is InChI=1S/C12H11N3O3/c1-7-2-3-9(6-14-7)18-11-10(13)4-8(5-15-11)12(16)17/h2-6H,13H2,1H3,(H,16,17). The Kier molecular flexibility index (Phi) is 3.09. The van der Waals surface area contributed by atoms with Gasteiger partial charge in [-0.25, -0.2) is 9.78 Å². The molecule has 0 fully saturated rings. The third kappa shape index (κ3) is 2.54. The summed E-state index contributed by atoms with van der Waals surface area (Å²) in [6.45, 7) is 1.86. The van der Waals surface area contributed by atoms with E-state index in [0.717, 1.165) is 5.69 Å². The second-order valence-corrected chi connectivity index (χ2v) is 3.66. The van der Waals surface area contributed by atoms with Crippen molar-refractivity contribution in [3.63, 3.8) is 0 Å². The second-order valence-electron chi connectivity index (χ2n) is 3.66. The van der Waals surface area contributed by atoms with E-state index in [2.05, 4.69) is 9.97 Å². The second kappa shape index (κ2) is 4.70. The van der Waals surface area contributed by atoms with Crippen LogP contribution in [0.5, 0.6) is 11.6 Å². The zero-order valence-electron chi connectivity index (χ0n) is 9.62. The van der Waals surface area contributed by atoms with Crippen LogP contribution < -0.4 is 10.5 Å². The van der Waals surface area contributed by atoms with Crippen LogP contribution in [0, 0.1) is 6.92 Å². The maximum absolute atomic E-state index is 10.7. The molecule has 0 aliphatic rings. The van der Waals surface area contributed by atoms with Crippen molar-refractivity contribution in [3.05, 3.63) is 41.9 Å². The maximum atomic E-state index is 10.7. The summed E-state index contributed by atoms with van der Waals surface area (Å²) >= 11 is 0. The Morgan fingerprint density at radius 3 is 2.67 bits per heavy atom. The average Bonchev–Trinajstić information content (AvgIpc) is 2.34. The molecule has 2 aromatic rings. The number of nitrogens with two attached hydrogens (primary N) is 1. The first-order valence-corrected chi connectivity index (χ1v) is 5.15. The highest BCUT2D eigenvalue weighted by Gasteiger charge is 2.09. The number of nitrogen functional groups attached to an aromatic ring is 1. The Morgan fingerprint density at radius 1 is 1.33 bits per heavy atom. The summed E-state index contributed by atoms with van der Waals surface area (Å²) in [5.41, 5.74) is 6.71. The summed E-state index contributed by atoms with van der Waals surface area (Å²) < 4.78 is 5.41. The molecule has 0 amide bonds. The Morgan fingerprint density at radius 2 is 2.11 bits per heavy atom. The number of hydrogen-bond acceptors (Lipinski definition) is 5. The summed E-state index contributed by atoms with van der Waals surface area (Å²) in [7, 11) is 0. The van der Waals surface area contributed by atoms with E-state index in [-0.39, 0.29) is 17.1 Å². The number of aromatic carboxylic acids is 1. The van der Waals surface area contributed by atoms with Gasteiger partial charge in [-0.3, -0.25) is 4.98 Å². The van der Waals surface area contributed by atoms with Gasteiger partial charge in [-0.1, -0.05) is 0 Å². The van der Waals surface area contributed by atoms with E-state index in [1.807, 2.05) is 6.92 Å². The van der Waals surface area contributed by atoms with Crippen LogP contribution in [0.1, 0.15) is 16.1 Å². The topological polar surface area (TPSA) is 98.3 Å². The van der Waals surface area contributed by atoms with E-state index >= 15 is 0 Å². The summed E-state index contributed by atoms with van der Waals surface area (Å²) in [6.07, 6.45) is 2.73. The van der Waals surface area contributed by atoms with Crippen molar-refractivity contribution in [1.29, 1.82) is 0 Å². The molecule has 0 saturated carbocycles. The third-order valence-corrected chi connectivity index (χ3v) is 2.22. The fraction of sp³-hybridized carbons (Fsp3) is 0.0833. The minimum Gasteiger partial charge on any atom is -0.478 e. The van der Waals surface area contributed by atoms with E-state index < -0.39 is 5.97 Å².